The topological polar surface area (TPSA) is 34.2 Å². The molecule has 102 valence electrons. The van der Waals surface area contributed by atoms with E-state index in [-0.39, 0.29) is 6.04 Å². The van der Waals surface area contributed by atoms with Crippen molar-refractivity contribution in [1.82, 2.24) is 10.3 Å². The normalized spacial score (nSPS) is 12.5. The zero-order valence-corrected chi connectivity index (χ0v) is 12.9. The summed E-state index contributed by atoms with van der Waals surface area (Å²) in [4.78, 5) is 5.59. The summed E-state index contributed by atoms with van der Waals surface area (Å²) in [5, 5.41) is 3.39. The summed E-state index contributed by atoms with van der Waals surface area (Å²) in [5.41, 5.74) is 6.62. The number of hydrogen-bond donors (Lipinski definition) is 1. The van der Waals surface area contributed by atoms with Gasteiger partial charge in [0, 0.05) is 10.4 Å². The zero-order chi connectivity index (χ0) is 14.0. The van der Waals surface area contributed by atoms with Gasteiger partial charge in [-0.3, -0.25) is 0 Å². The fourth-order valence-electron chi connectivity index (χ4n) is 2.47. The minimum absolute atomic E-state index is 0.128. The Morgan fingerprint density at radius 2 is 2.00 bits per heavy atom. The van der Waals surface area contributed by atoms with E-state index in [9.17, 15) is 0 Å². The summed E-state index contributed by atoms with van der Waals surface area (Å²) in [5.74, 6) is 0.935. The molecule has 0 saturated carbocycles. The van der Waals surface area contributed by atoms with Crippen LogP contribution in [0.4, 0.5) is 0 Å². The summed E-state index contributed by atoms with van der Waals surface area (Å²) in [6, 6.07) is 4.41. The highest BCUT2D eigenvalue weighted by atomic mass is 32.1. The van der Waals surface area contributed by atoms with Crippen molar-refractivity contribution in [1.29, 1.82) is 0 Å². The molecule has 4 heteroatoms. The Balaban J connectivity index is 2.59. The summed E-state index contributed by atoms with van der Waals surface area (Å²) >= 11 is 1.68. The molecule has 1 atom stereocenters. The standard InChI is InChI=1S/C15H20N2OS/c1-9-6-10(2)13(12(7-9)18-5)14(16-4)15-11(3)17-8-19-15/h6-8,14,16H,1-5H3. The summed E-state index contributed by atoms with van der Waals surface area (Å²) < 4.78 is 5.57. The van der Waals surface area contributed by atoms with Crippen molar-refractivity contribution in [3.63, 3.8) is 0 Å². The molecule has 1 heterocycles. The fourth-order valence-corrected chi connectivity index (χ4v) is 3.39. The Kier molecular flexibility index (Phi) is 4.22. The number of aryl methyl sites for hydroxylation is 3. The predicted octanol–water partition coefficient (Wildman–Crippen LogP) is 3.39. The number of thiazole rings is 1. The molecule has 0 bridgehead atoms. The number of benzene rings is 1. The average Bonchev–Trinajstić information content (AvgIpc) is 2.78. The zero-order valence-electron chi connectivity index (χ0n) is 12.1. The lowest BCUT2D eigenvalue weighted by molar-refractivity contribution is 0.404. The first kappa shape index (κ1) is 14.0. The number of aromatic nitrogens is 1. The van der Waals surface area contributed by atoms with E-state index in [0.717, 1.165) is 11.4 Å². The van der Waals surface area contributed by atoms with Crippen molar-refractivity contribution in [3.05, 3.63) is 44.9 Å². The second-order valence-electron chi connectivity index (χ2n) is 4.72. The minimum atomic E-state index is 0.128. The monoisotopic (exact) mass is 276 g/mol. The Morgan fingerprint density at radius 1 is 1.26 bits per heavy atom. The lowest BCUT2D eigenvalue weighted by Crippen LogP contribution is -2.19. The van der Waals surface area contributed by atoms with E-state index in [0.29, 0.717) is 0 Å². The molecule has 2 aromatic rings. The molecule has 1 N–H and O–H groups in total. The van der Waals surface area contributed by atoms with Gasteiger partial charge in [0.2, 0.25) is 0 Å². The van der Waals surface area contributed by atoms with Gasteiger partial charge in [-0.15, -0.1) is 11.3 Å². The maximum Gasteiger partial charge on any atom is 0.124 e. The van der Waals surface area contributed by atoms with Crippen molar-refractivity contribution in [2.75, 3.05) is 14.2 Å². The van der Waals surface area contributed by atoms with Crippen LogP contribution in [0.2, 0.25) is 0 Å². The molecule has 0 spiro atoms. The van der Waals surface area contributed by atoms with Crippen LogP contribution in [0, 0.1) is 20.8 Å². The molecule has 3 nitrogen and oxygen atoms in total. The SMILES string of the molecule is CNC(c1scnc1C)c1c(C)cc(C)cc1OC. The van der Waals surface area contributed by atoms with Gasteiger partial charge in [0.15, 0.2) is 0 Å². The van der Waals surface area contributed by atoms with Crippen molar-refractivity contribution in [3.8, 4) is 5.75 Å². The number of nitrogens with one attached hydrogen (secondary N) is 1. The summed E-state index contributed by atoms with van der Waals surface area (Å²) in [7, 11) is 3.70. The second kappa shape index (κ2) is 5.72. The van der Waals surface area contributed by atoms with Crippen LogP contribution in [0.5, 0.6) is 5.75 Å². The number of rotatable bonds is 4. The first-order chi connectivity index (χ1) is 9.08. The lowest BCUT2D eigenvalue weighted by atomic mass is 9.96. The van der Waals surface area contributed by atoms with E-state index in [1.807, 2.05) is 19.5 Å². The highest BCUT2D eigenvalue weighted by molar-refractivity contribution is 7.09. The highest BCUT2D eigenvalue weighted by Gasteiger charge is 2.22. The maximum absolute atomic E-state index is 5.57. The van der Waals surface area contributed by atoms with Crippen LogP contribution in [-0.2, 0) is 0 Å². The molecular weight excluding hydrogens is 256 g/mol. The van der Waals surface area contributed by atoms with E-state index in [4.69, 9.17) is 4.74 Å². The molecule has 0 saturated heterocycles. The van der Waals surface area contributed by atoms with Gasteiger partial charge in [-0.05, 0) is 45.0 Å². The van der Waals surface area contributed by atoms with Gasteiger partial charge in [0.1, 0.15) is 5.75 Å². The smallest absolute Gasteiger partial charge is 0.124 e. The van der Waals surface area contributed by atoms with Gasteiger partial charge in [0.05, 0.1) is 24.4 Å². The molecule has 1 aromatic carbocycles. The number of hydrogen-bond acceptors (Lipinski definition) is 4. The van der Waals surface area contributed by atoms with E-state index >= 15 is 0 Å². The van der Waals surface area contributed by atoms with Crippen LogP contribution in [0.3, 0.4) is 0 Å². The molecule has 1 aromatic heterocycles. The molecular formula is C15H20N2OS. The van der Waals surface area contributed by atoms with Gasteiger partial charge in [-0.25, -0.2) is 4.98 Å². The number of nitrogens with zero attached hydrogens (tertiary/aromatic N) is 1. The Labute approximate surface area is 118 Å². The second-order valence-corrected chi connectivity index (χ2v) is 5.61. The van der Waals surface area contributed by atoms with Crippen LogP contribution >= 0.6 is 11.3 Å². The van der Waals surface area contributed by atoms with Crippen LogP contribution in [0.25, 0.3) is 0 Å². The molecule has 19 heavy (non-hydrogen) atoms. The molecule has 0 fully saturated rings. The highest BCUT2D eigenvalue weighted by Crippen LogP contribution is 2.36. The molecule has 0 radical (unpaired) electrons. The summed E-state index contributed by atoms with van der Waals surface area (Å²) in [6.45, 7) is 6.27. The van der Waals surface area contributed by atoms with Crippen LogP contribution in [0.1, 0.15) is 33.3 Å². The first-order valence-corrected chi connectivity index (χ1v) is 7.18. The quantitative estimate of drug-likeness (QED) is 0.929. The molecule has 0 amide bonds. The molecule has 0 aliphatic carbocycles. The Morgan fingerprint density at radius 3 is 2.53 bits per heavy atom. The van der Waals surface area contributed by atoms with Crippen LogP contribution in [0.15, 0.2) is 17.6 Å². The van der Waals surface area contributed by atoms with Crippen LogP contribution < -0.4 is 10.1 Å². The van der Waals surface area contributed by atoms with Crippen molar-refractivity contribution < 1.29 is 4.74 Å². The molecule has 1 unspecified atom stereocenters. The van der Waals surface area contributed by atoms with E-state index in [1.54, 1.807) is 18.4 Å². The van der Waals surface area contributed by atoms with E-state index in [1.165, 1.54) is 21.6 Å². The number of methoxy groups -OCH3 is 1. The van der Waals surface area contributed by atoms with Gasteiger partial charge in [-0.1, -0.05) is 6.07 Å². The van der Waals surface area contributed by atoms with Gasteiger partial charge < -0.3 is 10.1 Å². The third-order valence-corrected chi connectivity index (χ3v) is 4.33. The molecule has 0 aliphatic heterocycles. The third kappa shape index (κ3) is 2.65. The van der Waals surface area contributed by atoms with Crippen LogP contribution in [-0.4, -0.2) is 19.1 Å². The fraction of sp³-hybridized carbons (Fsp3) is 0.400. The van der Waals surface area contributed by atoms with Gasteiger partial charge in [0.25, 0.3) is 0 Å². The van der Waals surface area contributed by atoms with Crippen molar-refractivity contribution in [2.24, 2.45) is 0 Å². The van der Waals surface area contributed by atoms with Crippen molar-refractivity contribution >= 4 is 11.3 Å². The predicted molar refractivity (Wildman–Crippen MR) is 80.2 cm³/mol. The maximum atomic E-state index is 5.57. The molecule has 2 rings (SSSR count). The largest absolute Gasteiger partial charge is 0.496 e. The van der Waals surface area contributed by atoms with Crippen molar-refractivity contribution in [2.45, 2.75) is 26.8 Å². The van der Waals surface area contributed by atoms with E-state index < -0.39 is 0 Å². The third-order valence-electron chi connectivity index (χ3n) is 3.34. The summed E-state index contributed by atoms with van der Waals surface area (Å²) in [6.07, 6.45) is 0. The van der Waals surface area contributed by atoms with E-state index in [2.05, 4.69) is 36.3 Å². The Hall–Kier alpha value is -1.39. The first-order valence-electron chi connectivity index (χ1n) is 6.30. The minimum Gasteiger partial charge on any atom is -0.496 e. The Bertz CT molecular complexity index is 578. The number of ether oxygens (including phenoxy) is 1. The molecule has 0 aliphatic rings. The van der Waals surface area contributed by atoms with Gasteiger partial charge >= 0.3 is 0 Å². The lowest BCUT2D eigenvalue weighted by Gasteiger charge is -2.21. The average molecular weight is 276 g/mol. The van der Waals surface area contributed by atoms with Gasteiger partial charge in [-0.2, -0.15) is 0 Å².